The molecule has 1 aromatic rings. The normalized spacial score (nSPS) is 16.7. The number of rotatable bonds is 7. The van der Waals surface area contributed by atoms with Crippen molar-refractivity contribution in [2.75, 3.05) is 34.4 Å². The van der Waals surface area contributed by atoms with Gasteiger partial charge in [-0.3, -0.25) is 4.99 Å². The SMILES string of the molecule is CN=C(NCC(C)(C)OC)NCC1(c2ccccc2OC)CCCC1.I. The zero-order chi connectivity index (χ0) is 18.3. The quantitative estimate of drug-likeness (QED) is 0.359. The molecule has 1 aromatic carbocycles. The third-order valence-electron chi connectivity index (χ3n) is 5.29. The van der Waals surface area contributed by atoms with E-state index < -0.39 is 0 Å². The molecule has 1 aliphatic rings. The fourth-order valence-corrected chi connectivity index (χ4v) is 3.52. The van der Waals surface area contributed by atoms with Gasteiger partial charge in [0.05, 0.1) is 12.7 Å². The number of benzene rings is 1. The van der Waals surface area contributed by atoms with Crippen LogP contribution in [0.25, 0.3) is 0 Å². The first kappa shape index (κ1) is 23.0. The van der Waals surface area contributed by atoms with E-state index in [1.807, 2.05) is 6.07 Å². The number of nitrogens with one attached hydrogen (secondary N) is 2. The zero-order valence-corrected chi connectivity index (χ0v) is 19.1. The molecular weight excluding hydrogens is 441 g/mol. The molecule has 0 heterocycles. The minimum atomic E-state index is -0.231. The van der Waals surface area contributed by atoms with Crippen LogP contribution in [0.2, 0.25) is 0 Å². The van der Waals surface area contributed by atoms with Gasteiger partial charge in [0, 0.05) is 38.2 Å². The molecule has 2 N–H and O–H groups in total. The predicted molar refractivity (Wildman–Crippen MR) is 119 cm³/mol. The molecule has 1 saturated carbocycles. The smallest absolute Gasteiger partial charge is 0.191 e. The van der Waals surface area contributed by atoms with Gasteiger partial charge in [0.2, 0.25) is 0 Å². The number of para-hydroxylation sites is 1. The molecule has 5 nitrogen and oxygen atoms in total. The van der Waals surface area contributed by atoms with Gasteiger partial charge in [-0.1, -0.05) is 31.0 Å². The summed E-state index contributed by atoms with van der Waals surface area (Å²) >= 11 is 0. The molecule has 0 aliphatic heterocycles. The maximum Gasteiger partial charge on any atom is 0.191 e. The van der Waals surface area contributed by atoms with Crippen molar-refractivity contribution in [3.05, 3.63) is 29.8 Å². The summed E-state index contributed by atoms with van der Waals surface area (Å²) in [7, 11) is 5.29. The number of ether oxygens (including phenoxy) is 2. The Morgan fingerprint density at radius 1 is 1.15 bits per heavy atom. The number of hydrogen-bond acceptors (Lipinski definition) is 3. The summed E-state index contributed by atoms with van der Waals surface area (Å²) in [5.74, 6) is 1.79. The molecule has 0 amide bonds. The van der Waals surface area contributed by atoms with Crippen LogP contribution in [-0.4, -0.2) is 45.9 Å². The molecule has 2 rings (SSSR count). The molecule has 26 heavy (non-hydrogen) atoms. The zero-order valence-electron chi connectivity index (χ0n) is 16.7. The van der Waals surface area contributed by atoms with E-state index >= 15 is 0 Å². The van der Waals surface area contributed by atoms with Gasteiger partial charge in [0.25, 0.3) is 0 Å². The fourth-order valence-electron chi connectivity index (χ4n) is 3.52. The summed E-state index contributed by atoms with van der Waals surface area (Å²) in [6, 6.07) is 8.40. The Bertz CT molecular complexity index is 584. The van der Waals surface area contributed by atoms with Crippen molar-refractivity contribution in [2.24, 2.45) is 4.99 Å². The predicted octanol–water partition coefficient (Wildman–Crippen LogP) is 3.72. The Labute approximate surface area is 175 Å². The lowest BCUT2D eigenvalue weighted by atomic mass is 9.78. The lowest BCUT2D eigenvalue weighted by Crippen LogP contribution is -2.48. The van der Waals surface area contributed by atoms with Crippen molar-refractivity contribution in [1.82, 2.24) is 10.6 Å². The molecule has 1 fully saturated rings. The van der Waals surface area contributed by atoms with Crippen LogP contribution in [0.5, 0.6) is 5.75 Å². The highest BCUT2D eigenvalue weighted by atomic mass is 127. The molecular formula is C20H34IN3O2. The van der Waals surface area contributed by atoms with Gasteiger partial charge in [0.1, 0.15) is 5.75 Å². The van der Waals surface area contributed by atoms with Crippen molar-refractivity contribution in [3.8, 4) is 5.75 Å². The van der Waals surface area contributed by atoms with Gasteiger partial charge in [-0.2, -0.15) is 0 Å². The molecule has 0 aromatic heterocycles. The molecule has 6 heteroatoms. The van der Waals surface area contributed by atoms with Gasteiger partial charge in [-0.25, -0.2) is 0 Å². The van der Waals surface area contributed by atoms with E-state index in [1.165, 1.54) is 31.2 Å². The van der Waals surface area contributed by atoms with Gasteiger partial charge in [0.15, 0.2) is 5.96 Å². The molecule has 0 saturated heterocycles. The van der Waals surface area contributed by atoms with E-state index in [9.17, 15) is 0 Å². The minimum absolute atomic E-state index is 0. The summed E-state index contributed by atoms with van der Waals surface area (Å²) in [6.07, 6.45) is 4.84. The Balaban J connectivity index is 0.00000338. The second-order valence-corrected chi connectivity index (χ2v) is 7.43. The van der Waals surface area contributed by atoms with Crippen LogP contribution in [0.15, 0.2) is 29.3 Å². The second-order valence-electron chi connectivity index (χ2n) is 7.43. The van der Waals surface area contributed by atoms with Crippen LogP contribution < -0.4 is 15.4 Å². The molecule has 0 spiro atoms. The highest BCUT2D eigenvalue weighted by Crippen LogP contribution is 2.44. The third-order valence-corrected chi connectivity index (χ3v) is 5.29. The summed E-state index contributed by atoms with van der Waals surface area (Å²) in [5, 5.41) is 6.89. The van der Waals surface area contributed by atoms with E-state index in [2.05, 4.69) is 47.7 Å². The van der Waals surface area contributed by atoms with Crippen molar-refractivity contribution in [3.63, 3.8) is 0 Å². The Hall–Kier alpha value is -1.02. The Morgan fingerprint density at radius 2 is 1.81 bits per heavy atom. The van der Waals surface area contributed by atoms with Crippen molar-refractivity contribution in [2.45, 2.75) is 50.5 Å². The minimum Gasteiger partial charge on any atom is -0.496 e. The second kappa shape index (κ2) is 10.3. The number of nitrogens with zero attached hydrogens (tertiary/aromatic N) is 1. The summed E-state index contributed by atoms with van der Waals surface area (Å²) in [5.41, 5.74) is 1.17. The number of methoxy groups -OCH3 is 2. The topological polar surface area (TPSA) is 54.9 Å². The Morgan fingerprint density at radius 3 is 2.38 bits per heavy atom. The maximum atomic E-state index is 5.63. The van der Waals surface area contributed by atoms with Crippen LogP contribution in [0.1, 0.15) is 45.1 Å². The summed E-state index contributed by atoms with van der Waals surface area (Å²) in [4.78, 5) is 4.36. The lowest BCUT2D eigenvalue weighted by molar-refractivity contribution is 0.0268. The van der Waals surface area contributed by atoms with Crippen LogP contribution in [0, 0.1) is 0 Å². The molecule has 148 valence electrons. The average Bonchev–Trinajstić information content (AvgIpc) is 3.11. The van der Waals surface area contributed by atoms with Crippen LogP contribution in [0.3, 0.4) is 0 Å². The van der Waals surface area contributed by atoms with Gasteiger partial charge >= 0.3 is 0 Å². The van der Waals surface area contributed by atoms with E-state index in [1.54, 1.807) is 21.3 Å². The summed E-state index contributed by atoms with van der Waals surface area (Å²) in [6.45, 7) is 5.66. The largest absolute Gasteiger partial charge is 0.496 e. The summed E-state index contributed by atoms with van der Waals surface area (Å²) < 4.78 is 11.1. The maximum absolute atomic E-state index is 5.63. The highest BCUT2D eigenvalue weighted by Gasteiger charge is 2.37. The lowest BCUT2D eigenvalue weighted by Gasteiger charge is -2.32. The standard InChI is InChI=1S/C20H33N3O2.HI/c1-19(2,25-5)14-22-18(21-3)23-15-20(12-8-9-13-20)16-10-6-7-11-17(16)24-4;/h6-7,10-11H,8-9,12-15H2,1-5H3,(H2,21,22,23);1H. The van der Waals surface area contributed by atoms with Crippen molar-refractivity contribution < 1.29 is 9.47 Å². The first-order valence-electron chi connectivity index (χ1n) is 9.09. The van der Waals surface area contributed by atoms with Crippen LogP contribution >= 0.6 is 24.0 Å². The first-order chi connectivity index (χ1) is 12.0. The molecule has 1 aliphatic carbocycles. The molecule has 0 atom stereocenters. The van der Waals surface area contributed by atoms with Crippen LogP contribution in [0.4, 0.5) is 0 Å². The van der Waals surface area contributed by atoms with Crippen molar-refractivity contribution >= 4 is 29.9 Å². The van der Waals surface area contributed by atoms with Gasteiger partial charge < -0.3 is 20.1 Å². The number of halogens is 1. The highest BCUT2D eigenvalue weighted by molar-refractivity contribution is 14.0. The van der Waals surface area contributed by atoms with Gasteiger partial charge in [-0.15, -0.1) is 24.0 Å². The Kier molecular flexibility index (Phi) is 9.16. The third kappa shape index (κ3) is 5.74. The van der Waals surface area contributed by atoms with Crippen molar-refractivity contribution in [1.29, 1.82) is 0 Å². The number of hydrogen-bond donors (Lipinski definition) is 2. The van der Waals surface area contributed by atoms with E-state index in [4.69, 9.17) is 9.47 Å². The molecule has 0 bridgehead atoms. The molecule has 0 unspecified atom stereocenters. The number of guanidine groups is 1. The first-order valence-corrected chi connectivity index (χ1v) is 9.09. The van der Waals surface area contributed by atoms with E-state index in [0.717, 1.165) is 18.3 Å². The van der Waals surface area contributed by atoms with Crippen LogP contribution in [-0.2, 0) is 10.2 Å². The average molecular weight is 475 g/mol. The van der Waals surface area contributed by atoms with E-state index in [0.29, 0.717) is 6.54 Å². The van der Waals surface area contributed by atoms with Gasteiger partial charge in [-0.05, 0) is 32.8 Å². The monoisotopic (exact) mass is 475 g/mol. The van der Waals surface area contributed by atoms with E-state index in [-0.39, 0.29) is 35.0 Å². The number of aliphatic imine (C=N–C) groups is 1. The fraction of sp³-hybridized carbons (Fsp3) is 0.650. The molecule has 0 radical (unpaired) electrons.